The minimum absolute atomic E-state index is 0. The second kappa shape index (κ2) is 18.2. The molecule has 0 unspecified atom stereocenters. The van der Waals surface area contributed by atoms with E-state index in [4.69, 9.17) is 5.11 Å². The van der Waals surface area contributed by atoms with Gasteiger partial charge in [0.25, 0.3) is 0 Å². The van der Waals surface area contributed by atoms with Crippen LogP contribution in [0.3, 0.4) is 0 Å². The van der Waals surface area contributed by atoms with Gasteiger partial charge >= 0.3 is 5.97 Å². The van der Waals surface area contributed by atoms with Crippen molar-refractivity contribution in [3.05, 3.63) is 0 Å². The topological polar surface area (TPSA) is 37.3 Å². The van der Waals surface area contributed by atoms with E-state index >= 15 is 0 Å². The van der Waals surface area contributed by atoms with Crippen molar-refractivity contribution in [1.82, 2.24) is 0 Å². The number of carbonyl (C=O) groups is 1. The van der Waals surface area contributed by atoms with Gasteiger partial charge < -0.3 is 5.11 Å². The summed E-state index contributed by atoms with van der Waals surface area (Å²) in [4.78, 5) is 10.3. The second-order valence-corrected chi connectivity index (χ2v) is 5.39. The van der Waals surface area contributed by atoms with Gasteiger partial charge in [-0.3, -0.25) is 4.79 Å². The van der Waals surface area contributed by atoms with E-state index < -0.39 is 5.97 Å². The van der Waals surface area contributed by atoms with E-state index in [0.717, 1.165) is 12.8 Å². The Balaban J connectivity index is 0. The molecule has 0 aliphatic rings. The third-order valence-corrected chi connectivity index (χ3v) is 3.49. The van der Waals surface area contributed by atoms with E-state index in [0.29, 0.717) is 6.42 Å². The van der Waals surface area contributed by atoms with Crippen LogP contribution in [0, 0.1) is 0 Å². The molecule has 1 N–H and O–H groups in total. The van der Waals surface area contributed by atoms with Gasteiger partial charge in [0.2, 0.25) is 0 Å². The Bertz CT molecular complexity index is 184. The summed E-state index contributed by atoms with van der Waals surface area (Å²) in [5, 5.41) is 8.49. The smallest absolute Gasteiger partial charge is 0.303 e. The molecule has 0 heterocycles. The van der Waals surface area contributed by atoms with Crippen molar-refractivity contribution in [3.63, 3.8) is 0 Å². The van der Waals surface area contributed by atoms with Crippen LogP contribution in [-0.2, 0) is 27.2 Å². The van der Waals surface area contributed by atoms with Crippen LogP contribution in [0.1, 0.15) is 96.8 Å². The molecule has 0 aliphatic carbocycles. The van der Waals surface area contributed by atoms with E-state index in [2.05, 4.69) is 6.92 Å². The predicted molar refractivity (Wildman–Crippen MR) is 77.9 cm³/mol. The minimum atomic E-state index is -0.655. The summed E-state index contributed by atoms with van der Waals surface area (Å²) < 4.78 is 0. The first-order valence-corrected chi connectivity index (χ1v) is 7.99. The van der Waals surface area contributed by atoms with Gasteiger partial charge in [-0.25, -0.2) is 0 Å². The summed E-state index contributed by atoms with van der Waals surface area (Å²) >= 11 is 0. The number of hydrogen-bond donors (Lipinski definition) is 1. The van der Waals surface area contributed by atoms with Crippen molar-refractivity contribution in [2.45, 2.75) is 96.8 Å². The molecule has 0 saturated heterocycles. The molecule has 0 aliphatic heterocycles. The molecule has 0 spiro atoms. The molecule has 119 valence electrons. The number of unbranched alkanes of at least 4 members (excludes halogenated alkanes) is 12. The first kappa shape index (κ1) is 21.5. The van der Waals surface area contributed by atoms with Crippen LogP contribution in [0.4, 0.5) is 0 Å². The normalized spacial score (nSPS) is 10.2. The fourth-order valence-corrected chi connectivity index (χ4v) is 2.29. The summed E-state index contributed by atoms with van der Waals surface area (Å²) in [7, 11) is 0. The Kier molecular flexibility index (Phi) is 20.6. The molecule has 0 aromatic carbocycles. The summed E-state index contributed by atoms with van der Waals surface area (Å²) in [6.45, 7) is 2.26. The molecule has 19 heavy (non-hydrogen) atoms. The van der Waals surface area contributed by atoms with Crippen molar-refractivity contribution < 1.29 is 32.3 Å². The minimum Gasteiger partial charge on any atom is -0.481 e. The van der Waals surface area contributed by atoms with Gasteiger partial charge in [-0.15, -0.1) is 0 Å². The summed E-state index contributed by atoms with van der Waals surface area (Å²) in [6, 6.07) is 0. The Morgan fingerprint density at radius 3 is 1.32 bits per heavy atom. The SMILES string of the molecule is CCCCCCCCCCCCCCCC(=O)O.[Au]. The van der Waals surface area contributed by atoms with Crippen LogP contribution in [0.2, 0.25) is 0 Å². The van der Waals surface area contributed by atoms with Gasteiger partial charge in [-0.05, 0) is 6.42 Å². The maximum atomic E-state index is 10.3. The molecular formula is C16H32AuO2. The average molecular weight is 453 g/mol. The third kappa shape index (κ3) is 20.7. The molecule has 1 radical (unpaired) electrons. The predicted octanol–water partition coefficient (Wildman–Crippen LogP) is 5.55. The number of carboxylic acid groups (broad SMARTS) is 1. The molecule has 3 heteroatoms. The number of aliphatic carboxylic acids is 1. The number of rotatable bonds is 14. The Labute approximate surface area is 135 Å². The van der Waals surface area contributed by atoms with Crippen molar-refractivity contribution in [3.8, 4) is 0 Å². The van der Waals surface area contributed by atoms with Crippen LogP contribution >= 0.6 is 0 Å². The zero-order chi connectivity index (χ0) is 13.5. The van der Waals surface area contributed by atoms with Crippen molar-refractivity contribution in [2.24, 2.45) is 0 Å². The number of hydrogen-bond acceptors (Lipinski definition) is 1. The first-order valence-electron chi connectivity index (χ1n) is 7.99. The molecule has 0 fully saturated rings. The molecular weight excluding hydrogens is 421 g/mol. The molecule has 0 rings (SSSR count). The summed E-state index contributed by atoms with van der Waals surface area (Å²) in [5.41, 5.74) is 0. The molecule has 2 nitrogen and oxygen atoms in total. The van der Waals surface area contributed by atoms with Gasteiger partial charge in [0.15, 0.2) is 0 Å². The molecule has 0 aromatic rings. The molecule has 0 aromatic heterocycles. The van der Waals surface area contributed by atoms with Crippen LogP contribution < -0.4 is 0 Å². The summed E-state index contributed by atoms with van der Waals surface area (Å²) in [5.74, 6) is -0.655. The van der Waals surface area contributed by atoms with E-state index in [9.17, 15) is 4.79 Å². The van der Waals surface area contributed by atoms with Gasteiger partial charge in [0, 0.05) is 28.8 Å². The van der Waals surface area contributed by atoms with E-state index in [1.54, 1.807) is 0 Å². The quantitative estimate of drug-likeness (QED) is 0.277. The zero-order valence-electron chi connectivity index (χ0n) is 12.6. The van der Waals surface area contributed by atoms with Crippen LogP contribution in [0.25, 0.3) is 0 Å². The Morgan fingerprint density at radius 2 is 1.00 bits per heavy atom. The van der Waals surface area contributed by atoms with Gasteiger partial charge in [-0.1, -0.05) is 84.0 Å². The molecule has 0 amide bonds. The number of carboxylic acids is 1. The second-order valence-electron chi connectivity index (χ2n) is 5.39. The maximum absolute atomic E-state index is 10.3. The van der Waals surface area contributed by atoms with Crippen molar-refractivity contribution >= 4 is 5.97 Å². The van der Waals surface area contributed by atoms with Crippen LogP contribution in [0.5, 0.6) is 0 Å². The van der Waals surface area contributed by atoms with Crippen molar-refractivity contribution in [1.29, 1.82) is 0 Å². The largest absolute Gasteiger partial charge is 0.481 e. The first-order chi connectivity index (χ1) is 8.77. The van der Waals surface area contributed by atoms with Crippen molar-refractivity contribution in [2.75, 3.05) is 0 Å². The molecule has 0 saturated carbocycles. The van der Waals surface area contributed by atoms with E-state index in [-0.39, 0.29) is 22.4 Å². The van der Waals surface area contributed by atoms with Gasteiger partial charge in [0.1, 0.15) is 0 Å². The van der Waals surface area contributed by atoms with Gasteiger partial charge in [-0.2, -0.15) is 0 Å². The van der Waals surface area contributed by atoms with Gasteiger partial charge in [0.05, 0.1) is 0 Å². The monoisotopic (exact) mass is 453 g/mol. The van der Waals surface area contributed by atoms with E-state index in [1.807, 2.05) is 0 Å². The maximum Gasteiger partial charge on any atom is 0.303 e. The molecule has 0 bridgehead atoms. The fourth-order valence-electron chi connectivity index (χ4n) is 2.29. The average Bonchev–Trinajstić information content (AvgIpc) is 2.34. The van der Waals surface area contributed by atoms with Crippen LogP contribution in [-0.4, -0.2) is 11.1 Å². The summed E-state index contributed by atoms with van der Waals surface area (Å²) in [6.07, 6.45) is 17.3. The zero-order valence-corrected chi connectivity index (χ0v) is 14.7. The van der Waals surface area contributed by atoms with E-state index in [1.165, 1.54) is 70.6 Å². The standard InChI is InChI=1S/C16H32O2.Au/c1-2-3-4-5-6-7-8-9-10-11-12-13-14-15-16(17)18;/h2-15H2,1H3,(H,17,18);. The van der Waals surface area contributed by atoms with Crippen LogP contribution in [0.15, 0.2) is 0 Å². The third-order valence-electron chi connectivity index (χ3n) is 3.49. The Morgan fingerprint density at radius 1 is 0.684 bits per heavy atom. The molecule has 0 atom stereocenters. The Hall–Kier alpha value is 0.210. The fraction of sp³-hybridized carbons (Fsp3) is 0.938.